The minimum absolute atomic E-state index is 0.0408. The Morgan fingerprint density at radius 3 is 2.34 bits per heavy atom. The van der Waals surface area contributed by atoms with Crippen LogP contribution in [0.1, 0.15) is 15.9 Å². The Bertz CT molecular complexity index is 876. The SMILES string of the molecule is COc1ccccc1CC(=O)Nc1cc(C(=O)N2CCN(C)CC2)ccc1OC. The van der Waals surface area contributed by atoms with Gasteiger partial charge in [0.1, 0.15) is 11.5 Å². The monoisotopic (exact) mass is 397 g/mol. The van der Waals surface area contributed by atoms with E-state index in [-0.39, 0.29) is 18.2 Å². The van der Waals surface area contributed by atoms with Gasteiger partial charge in [-0.2, -0.15) is 0 Å². The highest BCUT2D eigenvalue weighted by molar-refractivity contribution is 5.99. The van der Waals surface area contributed by atoms with Crippen LogP contribution in [0.25, 0.3) is 0 Å². The summed E-state index contributed by atoms with van der Waals surface area (Å²) >= 11 is 0. The van der Waals surface area contributed by atoms with Crippen molar-refractivity contribution in [2.45, 2.75) is 6.42 Å². The number of carbonyl (C=O) groups is 2. The van der Waals surface area contributed by atoms with Crippen molar-refractivity contribution in [3.63, 3.8) is 0 Å². The number of hydrogen-bond acceptors (Lipinski definition) is 5. The molecule has 1 saturated heterocycles. The average Bonchev–Trinajstić information content (AvgIpc) is 2.74. The number of piperazine rings is 1. The smallest absolute Gasteiger partial charge is 0.254 e. The van der Waals surface area contributed by atoms with Crippen molar-refractivity contribution in [3.05, 3.63) is 53.6 Å². The predicted octanol–water partition coefficient (Wildman–Crippen LogP) is 2.27. The Hall–Kier alpha value is -3.06. The minimum Gasteiger partial charge on any atom is -0.496 e. The fourth-order valence-electron chi connectivity index (χ4n) is 3.35. The molecule has 0 radical (unpaired) electrons. The van der Waals surface area contributed by atoms with Gasteiger partial charge in [0.25, 0.3) is 5.91 Å². The summed E-state index contributed by atoms with van der Waals surface area (Å²) in [7, 11) is 5.16. The molecular formula is C22H27N3O4. The summed E-state index contributed by atoms with van der Waals surface area (Å²) in [5, 5.41) is 2.87. The van der Waals surface area contributed by atoms with Gasteiger partial charge in [-0.15, -0.1) is 0 Å². The Morgan fingerprint density at radius 1 is 0.966 bits per heavy atom. The summed E-state index contributed by atoms with van der Waals surface area (Å²) in [6.07, 6.45) is 0.157. The number of likely N-dealkylation sites (N-methyl/N-ethyl adjacent to an activating group) is 1. The minimum atomic E-state index is -0.211. The van der Waals surface area contributed by atoms with Crippen LogP contribution in [0.15, 0.2) is 42.5 Å². The number of para-hydroxylation sites is 1. The normalized spacial score (nSPS) is 14.4. The molecule has 0 spiro atoms. The van der Waals surface area contributed by atoms with E-state index in [0.717, 1.165) is 18.7 Å². The number of anilines is 1. The molecule has 29 heavy (non-hydrogen) atoms. The van der Waals surface area contributed by atoms with Crippen LogP contribution in [0, 0.1) is 0 Å². The second kappa shape index (κ2) is 9.43. The molecule has 0 aliphatic carbocycles. The highest BCUT2D eigenvalue weighted by Gasteiger charge is 2.21. The van der Waals surface area contributed by atoms with Gasteiger partial charge in [0, 0.05) is 37.3 Å². The first-order chi connectivity index (χ1) is 14.0. The topological polar surface area (TPSA) is 71.1 Å². The molecule has 1 fully saturated rings. The van der Waals surface area contributed by atoms with Crippen LogP contribution in [0.5, 0.6) is 11.5 Å². The van der Waals surface area contributed by atoms with E-state index in [4.69, 9.17) is 9.47 Å². The lowest BCUT2D eigenvalue weighted by Crippen LogP contribution is -2.47. The molecule has 1 aliphatic rings. The van der Waals surface area contributed by atoms with E-state index < -0.39 is 0 Å². The fourth-order valence-corrected chi connectivity index (χ4v) is 3.35. The van der Waals surface area contributed by atoms with Crippen molar-refractivity contribution in [2.75, 3.05) is 52.8 Å². The van der Waals surface area contributed by atoms with Crippen LogP contribution >= 0.6 is 0 Å². The van der Waals surface area contributed by atoms with Crippen molar-refractivity contribution in [2.24, 2.45) is 0 Å². The highest BCUT2D eigenvalue weighted by atomic mass is 16.5. The molecule has 2 aromatic carbocycles. The van der Waals surface area contributed by atoms with Gasteiger partial charge in [-0.25, -0.2) is 0 Å². The molecule has 0 unspecified atom stereocenters. The Balaban J connectivity index is 1.75. The van der Waals surface area contributed by atoms with E-state index in [1.165, 1.54) is 7.11 Å². The first kappa shape index (κ1) is 20.7. The largest absolute Gasteiger partial charge is 0.496 e. The van der Waals surface area contributed by atoms with Crippen LogP contribution in [0.4, 0.5) is 5.69 Å². The van der Waals surface area contributed by atoms with E-state index >= 15 is 0 Å². The van der Waals surface area contributed by atoms with Crippen LogP contribution in [0.3, 0.4) is 0 Å². The number of ether oxygens (including phenoxy) is 2. The van der Waals surface area contributed by atoms with Gasteiger partial charge in [-0.05, 0) is 31.3 Å². The van der Waals surface area contributed by atoms with Crippen LogP contribution in [-0.4, -0.2) is 69.1 Å². The van der Waals surface area contributed by atoms with Gasteiger partial charge in [0.15, 0.2) is 0 Å². The first-order valence-corrected chi connectivity index (χ1v) is 9.59. The summed E-state index contributed by atoms with van der Waals surface area (Å²) < 4.78 is 10.7. The zero-order valence-corrected chi connectivity index (χ0v) is 17.1. The standard InChI is InChI=1S/C22H27N3O4/c1-24-10-12-25(13-11-24)22(27)17-8-9-20(29-3)18(14-17)23-21(26)15-16-6-4-5-7-19(16)28-2/h4-9,14H,10-13,15H2,1-3H3,(H,23,26). The molecule has 1 heterocycles. The van der Waals surface area contributed by atoms with Crippen molar-refractivity contribution < 1.29 is 19.1 Å². The summed E-state index contributed by atoms with van der Waals surface area (Å²) in [5.74, 6) is 0.917. The molecule has 1 N–H and O–H groups in total. The Labute approximate surface area is 171 Å². The van der Waals surface area contributed by atoms with Gasteiger partial charge < -0.3 is 24.6 Å². The molecule has 7 heteroatoms. The first-order valence-electron chi connectivity index (χ1n) is 9.59. The van der Waals surface area contributed by atoms with Crippen molar-refractivity contribution in [3.8, 4) is 11.5 Å². The second-order valence-electron chi connectivity index (χ2n) is 7.05. The average molecular weight is 397 g/mol. The number of rotatable bonds is 6. The predicted molar refractivity (Wildman–Crippen MR) is 112 cm³/mol. The molecule has 7 nitrogen and oxygen atoms in total. The van der Waals surface area contributed by atoms with Crippen molar-refractivity contribution >= 4 is 17.5 Å². The number of nitrogens with zero attached hydrogens (tertiary/aromatic N) is 2. The number of nitrogens with one attached hydrogen (secondary N) is 1. The number of hydrogen-bond donors (Lipinski definition) is 1. The molecule has 3 rings (SSSR count). The molecule has 0 aromatic heterocycles. The maximum Gasteiger partial charge on any atom is 0.254 e. The van der Waals surface area contributed by atoms with E-state index in [0.29, 0.717) is 35.8 Å². The summed E-state index contributed by atoms with van der Waals surface area (Å²) in [6, 6.07) is 12.5. The Kier molecular flexibility index (Phi) is 6.72. The van der Waals surface area contributed by atoms with Crippen molar-refractivity contribution in [1.29, 1.82) is 0 Å². The molecule has 0 saturated carbocycles. The maximum absolute atomic E-state index is 12.9. The molecule has 154 valence electrons. The quantitative estimate of drug-likeness (QED) is 0.810. The molecule has 0 bridgehead atoms. The number of benzene rings is 2. The third-order valence-corrected chi connectivity index (χ3v) is 5.05. The van der Waals surface area contributed by atoms with Gasteiger partial charge in [-0.1, -0.05) is 18.2 Å². The molecule has 2 aromatic rings. The molecule has 0 atom stereocenters. The summed E-state index contributed by atoms with van der Waals surface area (Å²) in [5.41, 5.74) is 1.80. The number of carbonyl (C=O) groups excluding carboxylic acids is 2. The summed E-state index contributed by atoms with van der Waals surface area (Å²) in [4.78, 5) is 29.5. The van der Waals surface area contributed by atoms with Gasteiger partial charge >= 0.3 is 0 Å². The Morgan fingerprint density at radius 2 is 1.66 bits per heavy atom. The zero-order valence-electron chi connectivity index (χ0n) is 17.1. The second-order valence-corrected chi connectivity index (χ2v) is 7.05. The number of amides is 2. The van der Waals surface area contributed by atoms with E-state index in [1.807, 2.05) is 36.2 Å². The van der Waals surface area contributed by atoms with Gasteiger partial charge in [0.05, 0.1) is 26.3 Å². The summed E-state index contributed by atoms with van der Waals surface area (Å²) in [6.45, 7) is 3.09. The van der Waals surface area contributed by atoms with Gasteiger partial charge in [-0.3, -0.25) is 9.59 Å². The lowest BCUT2D eigenvalue weighted by atomic mass is 10.1. The lowest BCUT2D eigenvalue weighted by Gasteiger charge is -2.32. The fraction of sp³-hybridized carbons (Fsp3) is 0.364. The number of methoxy groups -OCH3 is 2. The molecule has 1 aliphatic heterocycles. The van der Waals surface area contributed by atoms with Gasteiger partial charge in [0.2, 0.25) is 5.91 Å². The van der Waals surface area contributed by atoms with Crippen LogP contribution in [-0.2, 0) is 11.2 Å². The van der Waals surface area contributed by atoms with E-state index in [1.54, 1.807) is 25.3 Å². The maximum atomic E-state index is 12.9. The molecular weight excluding hydrogens is 370 g/mol. The van der Waals surface area contributed by atoms with Crippen LogP contribution < -0.4 is 14.8 Å². The third kappa shape index (κ3) is 5.06. The molecule has 2 amide bonds. The third-order valence-electron chi connectivity index (χ3n) is 5.05. The van der Waals surface area contributed by atoms with E-state index in [2.05, 4.69) is 10.2 Å². The lowest BCUT2D eigenvalue weighted by molar-refractivity contribution is -0.115. The van der Waals surface area contributed by atoms with Crippen LogP contribution in [0.2, 0.25) is 0 Å². The highest BCUT2D eigenvalue weighted by Crippen LogP contribution is 2.27. The van der Waals surface area contributed by atoms with Crippen molar-refractivity contribution in [1.82, 2.24) is 9.80 Å². The zero-order chi connectivity index (χ0) is 20.8. The van der Waals surface area contributed by atoms with E-state index in [9.17, 15) is 9.59 Å².